The molecule has 0 radical (unpaired) electrons. The smallest absolute Gasteiger partial charge is 0.191 e. The van der Waals surface area contributed by atoms with Gasteiger partial charge in [-0.15, -0.1) is 0 Å². The van der Waals surface area contributed by atoms with Crippen LogP contribution in [-0.2, 0) is 26.4 Å². The molecule has 0 amide bonds. The van der Waals surface area contributed by atoms with Gasteiger partial charge in [0.15, 0.2) is 5.96 Å². The highest BCUT2D eigenvalue weighted by Gasteiger charge is 2.06. The van der Waals surface area contributed by atoms with Gasteiger partial charge in [0, 0.05) is 38.3 Å². The molecule has 0 spiro atoms. The zero-order valence-electron chi connectivity index (χ0n) is 15.2. The molecule has 24 heavy (non-hydrogen) atoms. The van der Waals surface area contributed by atoms with Gasteiger partial charge in [0.1, 0.15) is 5.76 Å². The Bertz CT molecular complexity index is 628. The Balaban J connectivity index is 1.95. The summed E-state index contributed by atoms with van der Waals surface area (Å²) in [5.41, 5.74) is 2.29. The predicted octanol–water partition coefficient (Wildman–Crippen LogP) is 2.51. The number of rotatable bonds is 8. The third kappa shape index (κ3) is 5.76. The van der Waals surface area contributed by atoms with Crippen LogP contribution in [-0.4, -0.2) is 28.8 Å². The molecule has 0 aliphatic rings. The Morgan fingerprint density at radius 2 is 2.21 bits per heavy atom. The van der Waals surface area contributed by atoms with E-state index in [9.17, 15) is 0 Å². The fraction of sp³-hybridized carbons (Fsp3) is 0.556. The van der Waals surface area contributed by atoms with Gasteiger partial charge in [-0.1, -0.05) is 20.8 Å². The second kappa shape index (κ2) is 9.15. The van der Waals surface area contributed by atoms with Crippen molar-refractivity contribution >= 4 is 5.96 Å². The van der Waals surface area contributed by atoms with Gasteiger partial charge >= 0.3 is 0 Å². The van der Waals surface area contributed by atoms with Crippen molar-refractivity contribution in [3.63, 3.8) is 0 Å². The number of aromatic nitrogens is 2. The molecule has 2 aromatic heterocycles. The molecule has 0 aliphatic heterocycles. The number of nitrogens with one attached hydrogen (secondary N) is 2. The first kappa shape index (κ1) is 18.1. The number of aryl methyl sites for hydroxylation is 2. The van der Waals surface area contributed by atoms with Crippen LogP contribution in [0.3, 0.4) is 0 Å². The van der Waals surface area contributed by atoms with Gasteiger partial charge in [0.2, 0.25) is 0 Å². The number of aliphatic imine (C=N–C) groups is 1. The molecule has 2 N–H and O–H groups in total. The molecule has 0 atom stereocenters. The average molecular weight is 331 g/mol. The van der Waals surface area contributed by atoms with Crippen molar-refractivity contribution in [2.45, 2.75) is 40.2 Å². The molecule has 2 rings (SSSR count). The van der Waals surface area contributed by atoms with Gasteiger partial charge in [-0.05, 0) is 24.5 Å². The number of hydrogen-bond donors (Lipinski definition) is 2. The van der Waals surface area contributed by atoms with E-state index in [0.29, 0.717) is 12.5 Å². The van der Waals surface area contributed by atoms with Gasteiger partial charge < -0.3 is 15.1 Å². The van der Waals surface area contributed by atoms with Crippen LogP contribution in [0.1, 0.15) is 37.8 Å². The summed E-state index contributed by atoms with van der Waals surface area (Å²) in [5, 5.41) is 11.2. The lowest BCUT2D eigenvalue weighted by molar-refractivity contribution is 0.506. The Kier molecular flexibility index (Phi) is 6.90. The van der Waals surface area contributed by atoms with Crippen LogP contribution in [0.2, 0.25) is 0 Å². The van der Waals surface area contributed by atoms with E-state index in [0.717, 1.165) is 43.3 Å². The summed E-state index contributed by atoms with van der Waals surface area (Å²) >= 11 is 0. The summed E-state index contributed by atoms with van der Waals surface area (Å²) in [6.45, 7) is 8.79. The van der Waals surface area contributed by atoms with Crippen molar-refractivity contribution in [2.24, 2.45) is 18.0 Å². The van der Waals surface area contributed by atoms with Gasteiger partial charge in [-0.2, -0.15) is 5.10 Å². The first-order valence-electron chi connectivity index (χ1n) is 8.64. The van der Waals surface area contributed by atoms with E-state index in [1.165, 1.54) is 5.56 Å². The van der Waals surface area contributed by atoms with E-state index < -0.39 is 0 Å². The molecule has 2 aromatic rings. The topological polar surface area (TPSA) is 67.4 Å². The van der Waals surface area contributed by atoms with E-state index in [4.69, 9.17) is 9.41 Å². The molecule has 0 aliphatic carbocycles. The van der Waals surface area contributed by atoms with Crippen molar-refractivity contribution in [1.82, 2.24) is 20.4 Å². The normalized spacial score (nSPS) is 12.0. The van der Waals surface area contributed by atoms with Crippen LogP contribution in [0.5, 0.6) is 0 Å². The molecule has 132 valence electrons. The van der Waals surface area contributed by atoms with Crippen molar-refractivity contribution in [3.05, 3.63) is 41.6 Å². The SMILES string of the molecule is CCc1nn(C)cc1CN=C(NCCc1ccco1)NCC(C)C. The molecule has 6 nitrogen and oxygen atoms in total. The fourth-order valence-electron chi connectivity index (χ4n) is 2.41. The molecule has 0 bridgehead atoms. The second-order valence-electron chi connectivity index (χ2n) is 6.32. The third-order valence-electron chi connectivity index (χ3n) is 3.66. The summed E-state index contributed by atoms with van der Waals surface area (Å²) in [6.07, 6.45) is 5.51. The van der Waals surface area contributed by atoms with Crippen LogP contribution in [0, 0.1) is 5.92 Å². The van der Waals surface area contributed by atoms with Crippen molar-refractivity contribution < 1.29 is 4.42 Å². The lowest BCUT2D eigenvalue weighted by Gasteiger charge is -2.14. The third-order valence-corrected chi connectivity index (χ3v) is 3.66. The van der Waals surface area contributed by atoms with E-state index in [1.54, 1.807) is 6.26 Å². The molecule has 6 heteroatoms. The monoisotopic (exact) mass is 331 g/mol. The molecule has 0 fully saturated rings. The second-order valence-corrected chi connectivity index (χ2v) is 6.32. The van der Waals surface area contributed by atoms with Crippen molar-refractivity contribution in [2.75, 3.05) is 13.1 Å². The average Bonchev–Trinajstić information content (AvgIpc) is 3.18. The quantitative estimate of drug-likeness (QED) is 0.576. The van der Waals surface area contributed by atoms with Crippen LogP contribution in [0.15, 0.2) is 34.0 Å². The fourth-order valence-corrected chi connectivity index (χ4v) is 2.41. The Labute approximate surface area is 144 Å². The maximum Gasteiger partial charge on any atom is 0.191 e. The Morgan fingerprint density at radius 1 is 1.38 bits per heavy atom. The molecule has 2 heterocycles. The minimum Gasteiger partial charge on any atom is -0.469 e. The minimum atomic E-state index is 0.562. The zero-order chi connectivity index (χ0) is 17.4. The molecule has 0 unspecified atom stereocenters. The Hall–Kier alpha value is -2.24. The summed E-state index contributed by atoms with van der Waals surface area (Å²) in [6, 6.07) is 3.90. The lowest BCUT2D eigenvalue weighted by Crippen LogP contribution is -2.40. The van der Waals surface area contributed by atoms with Crippen molar-refractivity contribution in [1.29, 1.82) is 0 Å². The first-order valence-corrected chi connectivity index (χ1v) is 8.64. The summed E-state index contributed by atoms with van der Waals surface area (Å²) in [4.78, 5) is 4.72. The zero-order valence-corrected chi connectivity index (χ0v) is 15.2. The summed E-state index contributed by atoms with van der Waals surface area (Å²) in [5.74, 6) is 2.37. The number of nitrogens with zero attached hydrogens (tertiary/aromatic N) is 3. The number of guanidine groups is 1. The van der Waals surface area contributed by atoms with E-state index in [2.05, 4.69) is 36.5 Å². The van der Waals surface area contributed by atoms with Gasteiger partial charge in [0.25, 0.3) is 0 Å². The number of hydrogen-bond acceptors (Lipinski definition) is 3. The highest BCUT2D eigenvalue weighted by molar-refractivity contribution is 5.79. The van der Waals surface area contributed by atoms with Gasteiger partial charge in [0.05, 0.1) is 18.5 Å². The molecular weight excluding hydrogens is 302 g/mol. The molecule has 0 aromatic carbocycles. The largest absolute Gasteiger partial charge is 0.469 e. The minimum absolute atomic E-state index is 0.562. The van der Waals surface area contributed by atoms with E-state index >= 15 is 0 Å². The highest BCUT2D eigenvalue weighted by Crippen LogP contribution is 2.08. The van der Waals surface area contributed by atoms with Crippen LogP contribution in [0.25, 0.3) is 0 Å². The van der Waals surface area contributed by atoms with Crippen LogP contribution in [0.4, 0.5) is 0 Å². The van der Waals surface area contributed by atoms with Gasteiger partial charge in [-0.3, -0.25) is 4.68 Å². The maximum absolute atomic E-state index is 5.36. The first-order chi connectivity index (χ1) is 11.6. The highest BCUT2D eigenvalue weighted by atomic mass is 16.3. The summed E-state index contributed by atoms with van der Waals surface area (Å²) < 4.78 is 7.22. The Morgan fingerprint density at radius 3 is 2.88 bits per heavy atom. The van der Waals surface area contributed by atoms with Gasteiger partial charge in [-0.25, -0.2) is 4.99 Å². The van der Waals surface area contributed by atoms with Crippen LogP contribution >= 0.6 is 0 Å². The number of furan rings is 1. The lowest BCUT2D eigenvalue weighted by atomic mass is 10.2. The van der Waals surface area contributed by atoms with Crippen LogP contribution < -0.4 is 10.6 Å². The van der Waals surface area contributed by atoms with E-state index in [-0.39, 0.29) is 0 Å². The standard InChI is InChI=1S/C18H29N5O/c1-5-17-15(13-23(4)22-17)12-21-18(20-11-14(2)3)19-9-8-16-7-6-10-24-16/h6-7,10,13-14H,5,8-9,11-12H2,1-4H3,(H2,19,20,21). The molecule has 0 saturated carbocycles. The molecule has 0 saturated heterocycles. The molecular formula is C18H29N5O. The summed E-state index contributed by atoms with van der Waals surface area (Å²) in [7, 11) is 1.95. The maximum atomic E-state index is 5.36. The van der Waals surface area contributed by atoms with E-state index in [1.807, 2.05) is 30.1 Å². The predicted molar refractivity (Wildman–Crippen MR) is 97.0 cm³/mol. The van der Waals surface area contributed by atoms with Crippen molar-refractivity contribution in [3.8, 4) is 0 Å².